The molecule has 1 aliphatic heterocycles. The summed E-state index contributed by atoms with van der Waals surface area (Å²) in [6, 6.07) is -2.42. The molecule has 1 rings (SSSR count). The van der Waals surface area contributed by atoms with Crippen LogP contribution in [0.25, 0.3) is 0 Å². The lowest BCUT2D eigenvalue weighted by atomic mass is 10.2. The van der Waals surface area contributed by atoms with Crippen LogP contribution in [0.5, 0.6) is 0 Å². The van der Waals surface area contributed by atoms with Gasteiger partial charge in [0, 0.05) is 13.0 Å². The molecule has 0 amide bonds. The van der Waals surface area contributed by atoms with Crippen molar-refractivity contribution in [3.63, 3.8) is 0 Å². The molecule has 0 aromatic heterocycles. The van der Waals surface area contributed by atoms with Gasteiger partial charge in [-0.05, 0) is 6.92 Å². The molecule has 1 aliphatic rings. The highest BCUT2D eigenvalue weighted by Gasteiger charge is 2.31. The van der Waals surface area contributed by atoms with E-state index >= 15 is 0 Å². The Labute approximate surface area is 121 Å². The fourth-order valence-electron chi connectivity index (χ4n) is 1.33. The molecule has 10 heteroatoms. The Balaban J connectivity index is 0.000000486. The van der Waals surface area contributed by atoms with Crippen LogP contribution in [0, 0.1) is 0 Å². The predicted octanol–water partition coefficient (Wildman–Crippen LogP) is -2.92. The van der Waals surface area contributed by atoms with Crippen LogP contribution in [0.2, 0.25) is 0 Å². The first-order valence-electron chi connectivity index (χ1n) is 6.20. The molecule has 0 aromatic rings. The topological polar surface area (TPSA) is 185 Å². The van der Waals surface area contributed by atoms with Gasteiger partial charge in [0.1, 0.15) is 24.2 Å². The summed E-state index contributed by atoms with van der Waals surface area (Å²) in [7, 11) is 0. The first-order chi connectivity index (χ1) is 9.68. The SMILES string of the molecule is C[C@H](N)C(=O)OC1CN[C@H](C(=O)O)C1.N[C@@H](CO)C(=O)O. The molecule has 4 atom stereocenters. The second-order valence-corrected chi connectivity index (χ2v) is 4.51. The van der Waals surface area contributed by atoms with Crippen LogP contribution in [0.4, 0.5) is 0 Å². The van der Waals surface area contributed by atoms with E-state index in [0.29, 0.717) is 13.0 Å². The van der Waals surface area contributed by atoms with Crippen LogP contribution < -0.4 is 16.8 Å². The van der Waals surface area contributed by atoms with Crippen molar-refractivity contribution in [2.45, 2.75) is 37.6 Å². The molecule has 0 bridgehead atoms. The van der Waals surface area contributed by atoms with E-state index in [1.54, 1.807) is 0 Å². The third kappa shape index (κ3) is 7.56. The zero-order chi connectivity index (χ0) is 16.6. The van der Waals surface area contributed by atoms with Gasteiger partial charge in [0.05, 0.1) is 6.61 Å². The van der Waals surface area contributed by atoms with Crippen LogP contribution in [0.1, 0.15) is 13.3 Å². The van der Waals surface area contributed by atoms with Crippen LogP contribution in [0.15, 0.2) is 0 Å². The summed E-state index contributed by atoms with van der Waals surface area (Å²) in [5.74, 6) is -2.60. The zero-order valence-corrected chi connectivity index (χ0v) is 11.6. The lowest BCUT2D eigenvalue weighted by Gasteiger charge is -2.12. The summed E-state index contributed by atoms with van der Waals surface area (Å²) in [4.78, 5) is 31.2. The molecule has 0 spiro atoms. The number of aliphatic hydroxyl groups is 1. The highest BCUT2D eigenvalue weighted by molar-refractivity contribution is 5.76. The van der Waals surface area contributed by atoms with Crippen LogP contribution in [-0.4, -0.2) is 70.6 Å². The lowest BCUT2D eigenvalue weighted by Crippen LogP contribution is -2.33. The number of rotatable bonds is 5. The zero-order valence-electron chi connectivity index (χ0n) is 11.6. The molecular formula is C11H21N3O7. The molecule has 8 N–H and O–H groups in total. The monoisotopic (exact) mass is 307 g/mol. The minimum atomic E-state index is -1.18. The molecular weight excluding hydrogens is 286 g/mol. The number of carboxylic acid groups (broad SMARTS) is 2. The summed E-state index contributed by atoms with van der Waals surface area (Å²) in [5, 5.41) is 27.3. The van der Waals surface area contributed by atoms with Crippen LogP contribution >= 0.6 is 0 Å². The predicted molar refractivity (Wildman–Crippen MR) is 70.3 cm³/mol. The van der Waals surface area contributed by atoms with E-state index in [2.05, 4.69) is 5.32 Å². The number of esters is 1. The molecule has 0 radical (unpaired) electrons. The maximum atomic E-state index is 11.1. The van der Waals surface area contributed by atoms with E-state index in [4.69, 9.17) is 31.5 Å². The summed E-state index contributed by atoms with van der Waals surface area (Å²) in [6.45, 7) is 1.39. The van der Waals surface area contributed by atoms with Gasteiger partial charge in [0.25, 0.3) is 0 Å². The molecule has 1 fully saturated rings. The van der Waals surface area contributed by atoms with E-state index < -0.39 is 42.6 Å². The second kappa shape index (κ2) is 9.23. The van der Waals surface area contributed by atoms with Gasteiger partial charge in [-0.25, -0.2) is 0 Å². The number of carboxylic acids is 2. The molecule has 1 saturated heterocycles. The summed E-state index contributed by atoms with van der Waals surface area (Å²) >= 11 is 0. The van der Waals surface area contributed by atoms with Gasteiger partial charge < -0.3 is 36.8 Å². The minimum Gasteiger partial charge on any atom is -0.480 e. The van der Waals surface area contributed by atoms with Crippen LogP contribution in [0.3, 0.4) is 0 Å². The Hall–Kier alpha value is -1.75. The number of nitrogens with one attached hydrogen (secondary N) is 1. The summed E-state index contributed by atoms with van der Waals surface area (Å²) < 4.78 is 4.96. The molecule has 0 aliphatic carbocycles. The van der Waals surface area contributed by atoms with Gasteiger partial charge in [0.2, 0.25) is 0 Å². The molecule has 1 heterocycles. The molecule has 1 unspecified atom stereocenters. The van der Waals surface area contributed by atoms with Gasteiger partial charge >= 0.3 is 17.9 Å². The number of carbonyl (C=O) groups is 3. The number of hydrogen-bond donors (Lipinski definition) is 6. The van der Waals surface area contributed by atoms with Crippen molar-refractivity contribution in [2.24, 2.45) is 11.5 Å². The van der Waals surface area contributed by atoms with Crippen molar-refractivity contribution < 1.29 is 34.4 Å². The Kier molecular flexibility index (Phi) is 8.47. The van der Waals surface area contributed by atoms with Crippen molar-refractivity contribution in [3.05, 3.63) is 0 Å². The number of hydrogen-bond acceptors (Lipinski definition) is 8. The highest BCUT2D eigenvalue weighted by Crippen LogP contribution is 2.11. The minimum absolute atomic E-state index is 0.299. The maximum Gasteiger partial charge on any atom is 0.322 e. The standard InChI is InChI=1S/C8H14N2O4.C3H7NO3/c1-4(9)8(13)14-5-2-6(7(11)12)10-3-5;4-2(1-5)3(6)7/h4-6,10H,2-3,9H2,1H3,(H,11,12);2,5H,1,4H2,(H,6,7)/t4-,5?,6-;2-/m00/s1. The third-order valence-electron chi connectivity index (χ3n) is 2.56. The smallest absolute Gasteiger partial charge is 0.322 e. The Morgan fingerprint density at radius 1 is 1.33 bits per heavy atom. The largest absolute Gasteiger partial charge is 0.480 e. The fourth-order valence-corrected chi connectivity index (χ4v) is 1.33. The van der Waals surface area contributed by atoms with Gasteiger partial charge in [-0.3, -0.25) is 14.4 Å². The average Bonchev–Trinajstić information content (AvgIpc) is 2.86. The van der Waals surface area contributed by atoms with Crippen molar-refractivity contribution in [1.29, 1.82) is 0 Å². The molecule has 122 valence electrons. The first kappa shape index (κ1) is 19.2. The number of carbonyl (C=O) groups excluding carboxylic acids is 1. The molecule has 10 nitrogen and oxygen atoms in total. The van der Waals surface area contributed by atoms with E-state index in [0.717, 1.165) is 0 Å². The second-order valence-electron chi connectivity index (χ2n) is 4.51. The summed E-state index contributed by atoms with van der Waals surface area (Å²) in [6.07, 6.45) is -0.0806. The van der Waals surface area contributed by atoms with E-state index in [1.165, 1.54) is 6.92 Å². The van der Waals surface area contributed by atoms with E-state index in [-0.39, 0.29) is 6.10 Å². The van der Waals surface area contributed by atoms with Crippen molar-refractivity contribution in [2.75, 3.05) is 13.2 Å². The number of aliphatic carboxylic acids is 2. The van der Waals surface area contributed by atoms with Crippen LogP contribution in [-0.2, 0) is 19.1 Å². The molecule has 0 aromatic carbocycles. The van der Waals surface area contributed by atoms with Crippen molar-refractivity contribution in [1.82, 2.24) is 5.32 Å². The Morgan fingerprint density at radius 3 is 2.19 bits per heavy atom. The lowest BCUT2D eigenvalue weighted by molar-refractivity contribution is -0.150. The number of aliphatic hydroxyl groups excluding tert-OH is 1. The Morgan fingerprint density at radius 2 is 1.90 bits per heavy atom. The highest BCUT2D eigenvalue weighted by atomic mass is 16.5. The van der Waals surface area contributed by atoms with E-state index in [9.17, 15) is 14.4 Å². The van der Waals surface area contributed by atoms with Crippen molar-refractivity contribution in [3.8, 4) is 0 Å². The van der Waals surface area contributed by atoms with Gasteiger partial charge in [-0.2, -0.15) is 0 Å². The van der Waals surface area contributed by atoms with Gasteiger partial charge in [0.15, 0.2) is 0 Å². The van der Waals surface area contributed by atoms with Gasteiger partial charge in [-0.15, -0.1) is 0 Å². The summed E-state index contributed by atoms with van der Waals surface area (Å²) in [5.41, 5.74) is 10.1. The fraction of sp³-hybridized carbons (Fsp3) is 0.727. The number of nitrogens with two attached hydrogens (primary N) is 2. The molecule has 0 saturated carbocycles. The van der Waals surface area contributed by atoms with E-state index in [1.807, 2.05) is 0 Å². The first-order valence-corrected chi connectivity index (χ1v) is 6.20. The number of ether oxygens (including phenoxy) is 1. The third-order valence-corrected chi connectivity index (χ3v) is 2.56. The molecule has 21 heavy (non-hydrogen) atoms. The quantitative estimate of drug-likeness (QED) is 0.287. The Bertz CT molecular complexity index is 375. The maximum absolute atomic E-state index is 11.1. The average molecular weight is 307 g/mol. The van der Waals surface area contributed by atoms with Crippen molar-refractivity contribution >= 4 is 17.9 Å². The normalized spacial score (nSPS) is 23.4. The van der Waals surface area contributed by atoms with Gasteiger partial charge in [-0.1, -0.05) is 0 Å².